The first-order valence-electron chi connectivity index (χ1n) is 11.5. The van der Waals surface area contributed by atoms with Gasteiger partial charge < -0.3 is 10.2 Å². The van der Waals surface area contributed by atoms with Crippen LogP contribution in [0.25, 0.3) is 11.3 Å². The van der Waals surface area contributed by atoms with E-state index >= 15 is 0 Å². The number of piperidine rings is 1. The van der Waals surface area contributed by atoms with Crippen LogP contribution in [-0.4, -0.2) is 57.2 Å². The maximum Gasteiger partial charge on any atom is 0.391 e. The Kier molecular flexibility index (Phi) is 6.90. The molecule has 184 valence electrons. The number of carbonyl (C=O) groups excluding carboxylic acids is 2. The van der Waals surface area contributed by atoms with Crippen molar-refractivity contribution in [1.29, 1.82) is 0 Å². The molecule has 1 saturated heterocycles. The Labute approximate surface area is 194 Å². The number of aryl methyl sites for hydroxylation is 1. The lowest BCUT2D eigenvalue weighted by Gasteiger charge is -2.34. The predicted octanol–water partition coefficient (Wildman–Crippen LogP) is 4.01. The van der Waals surface area contributed by atoms with Gasteiger partial charge in [0.2, 0.25) is 5.91 Å². The van der Waals surface area contributed by atoms with E-state index in [0.29, 0.717) is 50.2 Å². The normalized spacial score (nSPS) is 22.0. The van der Waals surface area contributed by atoms with Crippen molar-refractivity contribution < 1.29 is 27.2 Å². The first kappa shape index (κ1) is 24.2. The Morgan fingerprint density at radius 1 is 1.09 bits per heavy atom. The molecule has 34 heavy (non-hydrogen) atoms. The number of alkyl halides is 3. The molecule has 0 unspecified atom stereocenters. The molecule has 1 aliphatic heterocycles. The van der Waals surface area contributed by atoms with E-state index in [2.05, 4.69) is 20.5 Å². The molecule has 2 aromatic rings. The lowest BCUT2D eigenvalue weighted by molar-refractivity contribution is -0.182. The van der Waals surface area contributed by atoms with Gasteiger partial charge in [0.1, 0.15) is 5.69 Å². The molecule has 0 atom stereocenters. The Balaban J connectivity index is 1.28. The summed E-state index contributed by atoms with van der Waals surface area (Å²) in [7, 11) is 0. The molecule has 7 nitrogen and oxygen atoms in total. The largest absolute Gasteiger partial charge is 0.391 e. The fraction of sp³-hybridized carbons (Fsp3) is 0.565. The molecule has 4 rings (SSSR count). The summed E-state index contributed by atoms with van der Waals surface area (Å²) in [5.74, 6) is -2.54. The number of pyridine rings is 1. The summed E-state index contributed by atoms with van der Waals surface area (Å²) in [6, 6.07) is 2.82. The second-order valence-electron chi connectivity index (χ2n) is 9.14. The molecule has 0 radical (unpaired) electrons. The summed E-state index contributed by atoms with van der Waals surface area (Å²) in [6.07, 6.45) is -1.40. The molecule has 2 aromatic heterocycles. The zero-order chi connectivity index (χ0) is 24.5. The average Bonchev–Trinajstić information content (AvgIpc) is 3.30. The quantitative estimate of drug-likeness (QED) is 0.646. The third kappa shape index (κ3) is 5.39. The number of likely N-dealkylation sites (tertiary alicyclic amines) is 1. The van der Waals surface area contributed by atoms with E-state index in [1.807, 2.05) is 0 Å². The van der Waals surface area contributed by atoms with Gasteiger partial charge in [-0.15, -0.1) is 0 Å². The van der Waals surface area contributed by atoms with Gasteiger partial charge in [0.05, 0.1) is 17.8 Å². The Bertz CT molecular complexity index is 1040. The minimum Gasteiger partial charge on any atom is -0.353 e. The van der Waals surface area contributed by atoms with Crippen LogP contribution in [-0.2, 0) is 4.79 Å². The summed E-state index contributed by atoms with van der Waals surface area (Å²) in [5, 5.41) is 9.62. The Hall–Kier alpha value is -2.98. The number of aromatic nitrogens is 3. The van der Waals surface area contributed by atoms with Gasteiger partial charge in [0, 0.05) is 36.3 Å². The van der Waals surface area contributed by atoms with Gasteiger partial charge in [-0.3, -0.25) is 19.7 Å². The number of hydrogen-bond acceptors (Lipinski definition) is 4. The number of rotatable bonds is 4. The molecule has 0 spiro atoms. The molecular weight excluding hydrogens is 454 g/mol. The molecule has 3 heterocycles. The lowest BCUT2D eigenvalue weighted by atomic mass is 9.85. The summed E-state index contributed by atoms with van der Waals surface area (Å²) in [5.41, 5.74) is 1.41. The minimum absolute atomic E-state index is 0.0382. The van der Waals surface area contributed by atoms with Crippen molar-refractivity contribution >= 4 is 11.8 Å². The van der Waals surface area contributed by atoms with E-state index in [4.69, 9.17) is 0 Å². The van der Waals surface area contributed by atoms with Gasteiger partial charge in [0.25, 0.3) is 5.91 Å². The third-order valence-electron chi connectivity index (χ3n) is 6.77. The Morgan fingerprint density at radius 3 is 2.41 bits per heavy atom. The highest BCUT2D eigenvalue weighted by molar-refractivity contribution is 5.93. The van der Waals surface area contributed by atoms with Gasteiger partial charge in [-0.25, -0.2) is 4.39 Å². The molecule has 0 aromatic carbocycles. The SMILES string of the molecule is Cc1cc(-c2cc(C(=O)N3CCC(C(=O)NC4CCC(C(F)(F)F)CC4)CC3)[nH]n2)c(F)cn1. The summed E-state index contributed by atoms with van der Waals surface area (Å²) in [4.78, 5) is 31.0. The van der Waals surface area contributed by atoms with Crippen LogP contribution in [0.4, 0.5) is 17.6 Å². The van der Waals surface area contributed by atoms with Gasteiger partial charge >= 0.3 is 6.18 Å². The highest BCUT2D eigenvalue weighted by atomic mass is 19.4. The van der Waals surface area contributed by atoms with E-state index in [-0.39, 0.29) is 47.9 Å². The number of nitrogens with one attached hydrogen (secondary N) is 2. The second kappa shape index (κ2) is 9.71. The zero-order valence-corrected chi connectivity index (χ0v) is 18.8. The molecule has 1 aliphatic carbocycles. The maximum atomic E-state index is 14.1. The topological polar surface area (TPSA) is 91.0 Å². The first-order valence-corrected chi connectivity index (χ1v) is 11.5. The third-order valence-corrected chi connectivity index (χ3v) is 6.77. The highest BCUT2D eigenvalue weighted by Gasteiger charge is 2.42. The standard InChI is InChI=1S/C23H27F4N5O2/c1-13-10-17(18(24)12-28-13)19-11-20(31-30-19)22(34)32-8-6-14(7-9-32)21(33)29-16-4-2-15(3-5-16)23(25,26)27/h10-12,14-16H,2-9H2,1H3,(H,29,33)(H,30,31). The van der Waals surface area contributed by atoms with Crippen molar-refractivity contribution in [1.82, 2.24) is 25.4 Å². The predicted molar refractivity (Wildman–Crippen MR) is 115 cm³/mol. The summed E-state index contributed by atoms with van der Waals surface area (Å²) < 4.78 is 52.5. The molecule has 1 saturated carbocycles. The smallest absolute Gasteiger partial charge is 0.353 e. The van der Waals surface area contributed by atoms with Crippen LogP contribution < -0.4 is 5.32 Å². The highest BCUT2D eigenvalue weighted by Crippen LogP contribution is 2.37. The first-order chi connectivity index (χ1) is 16.1. The van der Waals surface area contributed by atoms with Crippen LogP contribution in [0.3, 0.4) is 0 Å². The number of amides is 2. The molecule has 2 N–H and O–H groups in total. The Morgan fingerprint density at radius 2 is 1.76 bits per heavy atom. The number of hydrogen-bond donors (Lipinski definition) is 2. The lowest BCUT2D eigenvalue weighted by Crippen LogP contribution is -2.46. The monoisotopic (exact) mass is 481 g/mol. The van der Waals surface area contributed by atoms with E-state index in [0.717, 1.165) is 6.20 Å². The second-order valence-corrected chi connectivity index (χ2v) is 9.14. The number of H-pyrrole nitrogens is 1. The van der Waals surface area contributed by atoms with Crippen molar-refractivity contribution in [2.75, 3.05) is 13.1 Å². The molecule has 2 amide bonds. The minimum atomic E-state index is -4.17. The number of nitrogens with zero attached hydrogens (tertiary/aromatic N) is 3. The fourth-order valence-corrected chi connectivity index (χ4v) is 4.71. The maximum absolute atomic E-state index is 14.1. The van der Waals surface area contributed by atoms with Crippen LogP contribution >= 0.6 is 0 Å². The summed E-state index contributed by atoms with van der Waals surface area (Å²) >= 11 is 0. The van der Waals surface area contributed by atoms with Crippen molar-refractivity contribution in [2.45, 2.75) is 57.7 Å². The van der Waals surface area contributed by atoms with E-state index in [9.17, 15) is 27.2 Å². The van der Waals surface area contributed by atoms with Crippen LogP contribution in [0.1, 0.15) is 54.7 Å². The van der Waals surface area contributed by atoms with Crippen molar-refractivity contribution in [3.63, 3.8) is 0 Å². The number of halogens is 4. The average molecular weight is 481 g/mol. The van der Waals surface area contributed by atoms with Crippen LogP contribution in [0, 0.1) is 24.6 Å². The van der Waals surface area contributed by atoms with Crippen LogP contribution in [0.5, 0.6) is 0 Å². The van der Waals surface area contributed by atoms with E-state index < -0.39 is 17.9 Å². The van der Waals surface area contributed by atoms with Gasteiger partial charge in [-0.05, 0) is 57.6 Å². The van der Waals surface area contributed by atoms with E-state index in [1.54, 1.807) is 17.9 Å². The van der Waals surface area contributed by atoms with Crippen LogP contribution in [0.15, 0.2) is 18.3 Å². The van der Waals surface area contributed by atoms with Crippen LogP contribution in [0.2, 0.25) is 0 Å². The molecule has 11 heteroatoms. The fourth-order valence-electron chi connectivity index (χ4n) is 4.71. The van der Waals surface area contributed by atoms with Crippen molar-refractivity contribution in [3.05, 3.63) is 35.5 Å². The van der Waals surface area contributed by atoms with E-state index in [1.165, 1.54) is 6.07 Å². The van der Waals surface area contributed by atoms with Gasteiger partial charge in [-0.1, -0.05) is 0 Å². The number of carbonyl (C=O) groups is 2. The molecule has 2 fully saturated rings. The summed E-state index contributed by atoms with van der Waals surface area (Å²) in [6.45, 7) is 2.47. The molecule has 0 bridgehead atoms. The zero-order valence-electron chi connectivity index (χ0n) is 18.8. The van der Waals surface area contributed by atoms with Gasteiger partial charge in [-0.2, -0.15) is 18.3 Å². The molecular formula is C23H27F4N5O2. The molecule has 2 aliphatic rings. The van der Waals surface area contributed by atoms with Crippen molar-refractivity contribution in [3.8, 4) is 11.3 Å². The number of aromatic amines is 1. The van der Waals surface area contributed by atoms with Crippen molar-refractivity contribution in [2.24, 2.45) is 11.8 Å². The van der Waals surface area contributed by atoms with Gasteiger partial charge in [0.15, 0.2) is 5.82 Å².